The maximum atomic E-state index is 13.4. The molecule has 1 aliphatic heterocycles. The molecule has 7 heteroatoms. The molecule has 0 radical (unpaired) electrons. The van der Waals surface area contributed by atoms with Gasteiger partial charge in [0.05, 0.1) is 17.7 Å². The molecule has 1 aliphatic rings. The first-order valence-electron chi connectivity index (χ1n) is 6.80. The normalized spacial score (nSPS) is 15.4. The summed E-state index contributed by atoms with van der Waals surface area (Å²) in [5, 5.41) is -0.112. The van der Waals surface area contributed by atoms with Gasteiger partial charge in [-0.15, -0.1) is 0 Å². The fraction of sp³-hybridized carbons (Fsp3) is 0.0588. The van der Waals surface area contributed by atoms with E-state index in [9.17, 15) is 13.6 Å². The van der Waals surface area contributed by atoms with E-state index >= 15 is 0 Å². The molecule has 24 heavy (non-hydrogen) atoms. The summed E-state index contributed by atoms with van der Waals surface area (Å²) < 4.78 is 36.7. The summed E-state index contributed by atoms with van der Waals surface area (Å²) in [5.74, 6) is -2.58. The van der Waals surface area contributed by atoms with Crippen LogP contribution in [-0.4, -0.2) is 19.0 Å². The highest BCUT2D eigenvalue weighted by Crippen LogP contribution is 2.27. The van der Waals surface area contributed by atoms with Crippen LogP contribution in [0.25, 0.3) is 6.08 Å². The highest BCUT2D eigenvalue weighted by molar-refractivity contribution is 6.34. The van der Waals surface area contributed by atoms with Crippen molar-refractivity contribution >= 4 is 29.5 Å². The zero-order chi connectivity index (χ0) is 17.3. The minimum Gasteiger partial charge on any atom is -0.496 e. The van der Waals surface area contributed by atoms with E-state index in [0.717, 1.165) is 12.1 Å². The minimum atomic E-state index is -1.12. The number of halogens is 3. The van der Waals surface area contributed by atoms with Crippen LogP contribution in [0.2, 0.25) is 5.02 Å². The Morgan fingerprint density at radius 3 is 2.67 bits per heavy atom. The molecule has 0 bridgehead atoms. The number of hydrogen-bond acceptors (Lipinski definition) is 4. The summed E-state index contributed by atoms with van der Waals surface area (Å²) in [6, 6.07) is 8.64. The van der Waals surface area contributed by atoms with E-state index in [1.807, 2.05) is 0 Å². The molecule has 0 atom stereocenters. The summed E-state index contributed by atoms with van der Waals surface area (Å²) in [4.78, 5) is 16.0. The Balaban J connectivity index is 2.02. The van der Waals surface area contributed by atoms with Crippen LogP contribution in [0.15, 0.2) is 47.1 Å². The lowest BCUT2D eigenvalue weighted by atomic mass is 10.1. The van der Waals surface area contributed by atoms with Crippen LogP contribution >= 0.6 is 11.6 Å². The Morgan fingerprint density at radius 2 is 1.92 bits per heavy atom. The first-order chi connectivity index (χ1) is 11.5. The van der Waals surface area contributed by atoms with Crippen molar-refractivity contribution in [2.45, 2.75) is 0 Å². The molecule has 0 saturated heterocycles. The number of esters is 1. The van der Waals surface area contributed by atoms with E-state index in [2.05, 4.69) is 4.99 Å². The van der Waals surface area contributed by atoms with E-state index in [1.54, 1.807) is 24.3 Å². The topological polar surface area (TPSA) is 47.9 Å². The zero-order valence-electron chi connectivity index (χ0n) is 12.3. The smallest absolute Gasteiger partial charge is 0.363 e. The molecule has 0 aliphatic carbocycles. The average molecular weight is 350 g/mol. The van der Waals surface area contributed by atoms with Crippen molar-refractivity contribution in [2.24, 2.45) is 4.99 Å². The van der Waals surface area contributed by atoms with Gasteiger partial charge in [-0.3, -0.25) is 0 Å². The summed E-state index contributed by atoms with van der Waals surface area (Å²) in [6.07, 6.45) is 1.47. The number of aliphatic imine (C=N–C) groups is 1. The molecule has 3 rings (SSSR count). The molecule has 122 valence electrons. The molecule has 1 heterocycles. The lowest BCUT2D eigenvalue weighted by molar-refractivity contribution is -0.129. The fourth-order valence-corrected chi connectivity index (χ4v) is 2.37. The monoisotopic (exact) mass is 349 g/mol. The van der Waals surface area contributed by atoms with E-state index in [0.29, 0.717) is 11.3 Å². The zero-order valence-corrected chi connectivity index (χ0v) is 13.1. The first-order valence-corrected chi connectivity index (χ1v) is 7.18. The first kappa shape index (κ1) is 16.1. The van der Waals surface area contributed by atoms with Gasteiger partial charge in [0.15, 0.2) is 17.3 Å². The molecule has 4 nitrogen and oxygen atoms in total. The van der Waals surface area contributed by atoms with Gasteiger partial charge in [0.2, 0.25) is 5.90 Å². The maximum Gasteiger partial charge on any atom is 0.363 e. The van der Waals surface area contributed by atoms with Crippen molar-refractivity contribution in [3.63, 3.8) is 0 Å². The standard InChI is InChI=1S/C17H10ClF2NO3/c1-23-15-5-3-2-4-9(15)6-14-17(22)24-16(21-14)10-7-12(19)13(20)8-11(10)18/h2-8H,1H3/b14-6+. The largest absolute Gasteiger partial charge is 0.496 e. The quantitative estimate of drug-likeness (QED) is 0.478. The molecular weight excluding hydrogens is 340 g/mol. The van der Waals surface area contributed by atoms with Crippen LogP contribution in [0.4, 0.5) is 8.78 Å². The van der Waals surface area contributed by atoms with Crippen LogP contribution in [0, 0.1) is 11.6 Å². The van der Waals surface area contributed by atoms with Gasteiger partial charge in [-0.25, -0.2) is 18.6 Å². The Hall–Kier alpha value is -2.73. The molecule has 0 spiro atoms. The van der Waals surface area contributed by atoms with Gasteiger partial charge < -0.3 is 9.47 Å². The van der Waals surface area contributed by atoms with Gasteiger partial charge in [0.25, 0.3) is 0 Å². The van der Waals surface area contributed by atoms with E-state index in [-0.39, 0.29) is 22.2 Å². The number of carbonyl (C=O) groups is 1. The van der Waals surface area contributed by atoms with Crippen LogP contribution < -0.4 is 4.74 Å². The van der Waals surface area contributed by atoms with Crippen LogP contribution in [0.3, 0.4) is 0 Å². The number of nitrogens with zero attached hydrogens (tertiary/aromatic N) is 1. The third-order valence-electron chi connectivity index (χ3n) is 3.29. The van der Waals surface area contributed by atoms with Gasteiger partial charge in [-0.05, 0) is 24.3 Å². The molecular formula is C17H10ClF2NO3. The number of ether oxygens (including phenoxy) is 2. The summed E-state index contributed by atoms with van der Waals surface area (Å²) in [5.41, 5.74) is 0.607. The second-order valence-corrected chi connectivity index (χ2v) is 5.23. The average Bonchev–Trinajstić information content (AvgIpc) is 2.92. The van der Waals surface area contributed by atoms with Crippen LogP contribution in [0.5, 0.6) is 5.75 Å². The van der Waals surface area contributed by atoms with Crippen LogP contribution in [0.1, 0.15) is 11.1 Å². The molecule has 0 aromatic heterocycles. The van der Waals surface area contributed by atoms with E-state index in [1.165, 1.54) is 13.2 Å². The van der Waals surface area contributed by atoms with E-state index < -0.39 is 17.6 Å². The summed E-state index contributed by atoms with van der Waals surface area (Å²) in [6.45, 7) is 0. The third-order valence-corrected chi connectivity index (χ3v) is 3.60. The van der Waals surface area contributed by atoms with Crippen molar-refractivity contribution in [1.29, 1.82) is 0 Å². The number of benzene rings is 2. The Morgan fingerprint density at radius 1 is 1.21 bits per heavy atom. The number of hydrogen-bond donors (Lipinski definition) is 0. The number of para-hydroxylation sites is 1. The third kappa shape index (κ3) is 3.00. The van der Waals surface area contributed by atoms with Crippen molar-refractivity contribution in [2.75, 3.05) is 7.11 Å². The summed E-state index contributed by atoms with van der Waals surface area (Å²) >= 11 is 5.87. The minimum absolute atomic E-state index is 0.00435. The van der Waals surface area contributed by atoms with Gasteiger partial charge in [-0.1, -0.05) is 29.8 Å². The number of methoxy groups -OCH3 is 1. The number of rotatable bonds is 3. The van der Waals surface area contributed by atoms with Crippen molar-refractivity contribution < 1.29 is 23.0 Å². The van der Waals surface area contributed by atoms with Crippen LogP contribution in [-0.2, 0) is 9.53 Å². The molecule has 0 N–H and O–H groups in total. The molecule has 2 aromatic carbocycles. The van der Waals surface area contributed by atoms with E-state index in [4.69, 9.17) is 21.1 Å². The lowest BCUT2D eigenvalue weighted by Crippen LogP contribution is -2.07. The Kier molecular flexibility index (Phi) is 4.31. The summed E-state index contributed by atoms with van der Waals surface area (Å²) in [7, 11) is 1.50. The SMILES string of the molecule is COc1ccccc1/C=C1/N=C(c2cc(F)c(F)cc2Cl)OC1=O. The Labute approximate surface area is 141 Å². The molecule has 2 aromatic rings. The number of carbonyl (C=O) groups excluding carboxylic acids is 1. The maximum absolute atomic E-state index is 13.4. The van der Waals surface area contributed by atoms with Gasteiger partial charge >= 0.3 is 5.97 Å². The second kappa shape index (κ2) is 6.41. The molecule has 0 unspecified atom stereocenters. The molecule has 0 fully saturated rings. The second-order valence-electron chi connectivity index (χ2n) is 4.82. The number of cyclic esters (lactones) is 1. The van der Waals surface area contributed by atoms with Crippen molar-refractivity contribution in [1.82, 2.24) is 0 Å². The highest BCUT2D eigenvalue weighted by atomic mass is 35.5. The highest BCUT2D eigenvalue weighted by Gasteiger charge is 2.27. The van der Waals surface area contributed by atoms with Gasteiger partial charge in [-0.2, -0.15) is 0 Å². The molecule has 0 saturated carbocycles. The Bertz CT molecular complexity index is 893. The fourth-order valence-electron chi connectivity index (χ4n) is 2.14. The predicted molar refractivity (Wildman–Crippen MR) is 85.0 cm³/mol. The van der Waals surface area contributed by atoms with Gasteiger partial charge in [0.1, 0.15) is 5.75 Å². The lowest BCUT2D eigenvalue weighted by Gasteiger charge is -2.03. The van der Waals surface area contributed by atoms with Crippen molar-refractivity contribution in [3.8, 4) is 5.75 Å². The predicted octanol–water partition coefficient (Wildman–Crippen LogP) is 3.97. The molecule has 0 amide bonds. The van der Waals surface area contributed by atoms with Gasteiger partial charge in [0, 0.05) is 5.56 Å². The van der Waals surface area contributed by atoms with Crippen molar-refractivity contribution in [3.05, 3.63) is 69.9 Å².